The number of aliphatic hydroxyl groups excluding tert-OH is 1. The van der Waals surface area contributed by atoms with E-state index in [9.17, 15) is 9.90 Å². The number of aliphatic hydroxyl groups is 1. The minimum atomic E-state index is -0.791. The summed E-state index contributed by atoms with van der Waals surface area (Å²) < 4.78 is 0. The molecule has 0 aliphatic heterocycles. The standard InChI is InChI=1S/C8H15NO2.ClH/c1-2-3-7(10)8(11)9-6-4-5-6;/h6-7,10H,2-5H2,1H3,(H,9,11);1H. The lowest BCUT2D eigenvalue weighted by molar-refractivity contribution is -0.129. The van der Waals surface area contributed by atoms with Gasteiger partial charge in [0.1, 0.15) is 6.10 Å². The highest BCUT2D eigenvalue weighted by molar-refractivity contribution is 5.85. The lowest BCUT2D eigenvalue weighted by atomic mass is 10.2. The van der Waals surface area contributed by atoms with Crippen LogP contribution in [0, 0.1) is 0 Å². The number of rotatable bonds is 4. The predicted octanol–water partition coefficient (Wildman–Crippen LogP) is 0.848. The molecule has 3 nitrogen and oxygen atoms in total. The van der Waals surface area contributed by atoms with Crippen LogP contribution in [0.5, 0.6) is 0 Å². The minimum Gasteiger partial charge on any atom is -0.383 e. The molecule has 0 aromatic carbocycles. The largest absolute Gasteiger partial charge is 0.383 e. The molecule has 0 aromatic rings. The molecule has 0 bridgehead atoms. The Bertz CT molecular complexity index is 148. The Labute approximate surface area is 78.9 Å². The van der Waals surface area contributed by atoms with Crippen LogP contribution in [0.3, 0.4) is 0 Å². The molecule has 1 unspecified atom stereocenters. The van der Waals surface area contributed by atoms with E-state index in [1.165, 1.54) is 0 Å². The molecule has 1 fully saturated rings. The summed E-state index contributed by atoms with van der Waals surface area (Å²) in [7, 11) is 0. The van der Waals surface area contributed by atoms with Gasteiger partial charge in [0.05, 0.1) is 0 Å². The summed E-state index contributed by atoms with van der Waals surface area (Å²) in [5.41, 5.74) is 0. The first-order chi connectivity index (χ1) is 5.24. The lowest BCUT2D eigenvalue weighted by Crippen LogP contribution is -2.35. The third-order valence-corrected chi connectivity index (χ3v) is 1.79. The number of carbonyl (C=O) groups excluding carboxylic acids is 1. The van der Waals surface area contributed by atoms with Gasteiger partial charge in [-0.1, -0.05) is 13.3 Å². The molecule has 0 heterocycles. The van der Waals surface area contributed by atoms with Crippen molar-refractivity contribution in [3.63, 3.8) is 0 Å². The van der Waals surface area contributed by atoms with Gasteiger partial charge in [0, 0.05) is 6.04 Å². The van der Waals surface area contributed by atoms with Crippen molar-refractivity contribution in [3.05, 3.63) is 0 Å². The second-order valence-corrected chi connectivity index (χ2v) is 3.09. The average molecular weight is 194 g/mol. The van der Waals surface area contributed by atoms with Crippen LogP contribution in [0.4, 0.5) is 0 Å². The monoisotopic (exact) mass is 193 g/mol. The number of amides is 1. The normalized spacial score (nSPS) is 17.8. The van der Waals surface area contributed by atoms with Crippen LogP contribution in [-0.2, 0) is 4.79 Å². The summed E-state index contributed by atoms with van der Waals surface area (Å²) >= 11 is 0. The summed E-state index contributed by atoms with van der Waals surface area (Å²) in [4.78, 5) is 11.0. The van der Waals surface area contributed by atoms with Gasteiger partial charge in [0.2, 0.25) is 5.91 Å². The zero-order chi connectivity index (χ0) is 8.27. The predicted molar refractivity (Wildman–Crippen MR) is 49.3 cm³/mol. The van der Waals surface area contributed by atoms with Gasteiger partial charge >= 0.3 is 0 Å². The van der Waals surface area contributed by atoms with E-state index in [1.54, 1.807) is 0 Å². The van der Waals surface area contributed by atoms with Crippen LogP contribution in [0.2, 0.25) is 0 Å². The van der Waals surface area contributed by atoms with E-state index >= 15 is 0 Å². The van der Waals surface area contributed by atoms with Crippen LogP contribution in [0.15, 0.2) is 0 Å². The van der Waals surface area contributed by atoms with E-state index in [-0.39, 0.29) is 18.3 Å². The highest BCUT2D eigenvalue weighted by Crippen LogP contribution is 2.18. The Morgan fingerprint density at radius 1 is 1.67 bits per heavy atom. The number of carbonyl (C=O) groups is 1. The molecule has 12 heavy (non-hydrogen) atoms. The fraction of sp³-hybridized carbons (Fsp3) is 0.875. The number of halogens is 1. The van der Waals surface area contributed by atoms with Gasteiger partial charge in [0.25, 0.3) is 0 Å². The maximum absolute atomic E-state index is 11.0. The average Bonchev–Trinajstić information content (AvgIpc) is 2.72. The molecule has 4 heteroatoms. The Hall–Kier alpha value is -0.280. The van der Waals surface area contributed by atoms with Crippen LogP contribution in [-0.4, -0.2) is 23.2 Å². The van der Waals surface area contributed by atoms with Gasteiger partial charge < -0.3 is 10.4 Å². The molecular weight excluding hydrogens is 178 g/mol. The summed E-state index contributed by atoms with van der Waals surface area (Å²) in [6.45, 7) is 1.95. The van der Waals surface area contributed by atoms with Crippen molar-refractivity contribution in [1.29, 1.82) is 0 Å². The zero-order valence-corrected chi connectivity index (χ0v) is 8.06. The van der Waals surface area contributed by atoms with Gasteiger partial charge in [-0.15, -0.1) is 12.4 Å². The van der Waals surface area contributed by atoms with Crippen molar-refractivity contribution < 1.29 is 9.90 Å². The summed E-state index contributed by atoms with van der Waals surface area (Å²) in [5.74, 6) is -0.200. The van der Waals surface area contributed by atoms with E-state index in [1.807, 2.05) is 6.92 Å². The fourth-order valence-electron chi connectivity index (χ4n) is 0.930. The molecule has 2 N–H and O–H groups in total. The molecule has 1 rings (SSSR count). The Balaban J connectivity index is 0.00000121. The van der Waals surface area contributed by atoms with Crippen molar-refractivity contribution in [2.45, 2.75) is 44.8 Å². The Kier molecular flexibility index (Phi) is 5.25. The fourth-order valence-corrected chi connectivity index (χ4v) is 0.930. The third-order valence-electron chi connectivity index (χ3n) is 1.79. The quantitative estimate of drug-likeness (QED) is 0.696. The zero-order valence-electron chi connectivity index (χ0n) is 7.25. The molecule has 72 valence electrons. The molecular formula is C8H16ClNO2. The van der Waals surface area contributed by atoms with Crippen LogP contribution in [0.25, 0.3) is 0 Å². The first-order valence-corrected chi connectivity index (χ1v) is 4.22. The maximum Gasteiger partial charge on any atom is 0.249 e. The number of nitrogens with one attached hydrogen (secondary N) is 1. The highest BCUT2D eigenvalue weighted by atomic mass is 35.5. The first-order valence-electron chi connectivity index (χ1n) is 4.22. The van der Waals surface area contributed by atoms with Crippen LogP contribution < -0.4 is 5.32 Å². The summed E-state index contributed by atoms with van der Waals surface area (Å²) in [6.07, 6.45) is 2.77. The Morgan fingerprint density at radius 3 is 2.67 bits per heavy atom. The number of hydrogen-bond acceptors (Lipinski definition) is 2. The molecule has 0 radical (unpaired) electrons. The Morgan fingerprint density at radius 2 is 2.25 bits per heavy atom. The molecule has 0 saturated heterocycles. The van der Waals surface area contributed by atoms with E-state index < -0.39 is 6.10 Å². The van der Waals surface area contributed by atoms with Gasteiger partial charge in [0.15, 0.2) is 0 Å². The van der Waals surface area contributed by atoms with Crippen LogP contribution in [0.1, 0.15) is 32.6 Å². The minimum absolute atomic E-state index is 0. The molecule has 1 saturated carbocycles. The van der Waals surface area contributed by atoms with Crippen molar-refractivity contribution >= 4 is 18.3 Å². The van der Waals surface area contributed by atoms with Gasteiger partial charge in [-0.3, -0.25) is 4.79 Å². The van der Waals surface area contributed by atoms with E-state index in [2.05, 4.69) is 5.32 Å². The van der Waals surface area contributed by atoms with E-state index in [0.717, 1.165) is 19.3 Å². The molecule has 1 aliphatic rings. The topological polar surface area (TPSA) is 49.3 Å². The molecule has 0 aromatic heterocycles. The lowest BCUT2D eigenvalue weighted by Gasteiger charge is -2.08. The molecule has 1 aliphatic carbocycles. The second-order valence-electron chi connectivity index (χ2n) is 3.09. The van der Waals surface area contributed by atoms with Gasteiger partial charge in [-0.05, 0) is 19.3 Å². The molecule has 1 amide bonds. The summed E-state index contributed by atoms with van der Waals surface area (Å²) in [5, 5.41) is 11.9. The first kappa shape index (κ1) is 11.7. The molecule has 0 spiro atoms. The third kappa shape index (κ3) is 3.93. The van der Waals surface area contributed by atoms with E-state index in [0.29, 0.717) is 12.5 Å². The van der Waals surface area contributed by atoms with Crippen LogP contribution >= 0.6 is 12.4 Å². The van der Waals surface area contributed by atoms with Crippen molar-refractivity contribution in [2.24, 2.45) is 0 Å². The summed E-state index contributed by atoms with van der Waals surface area (Å²) in [6, 6.07) is 0.356. The van der Waals surface area contributed by atoms with Gasteiger partial charge in [-0.2, -0.15) is 0 Å². The molecule has 1 atom stereocenters. The SMILES string of the molecule is CCCC(O)C(=O)NC1CC1.Cl. The van der Waals surface area contributed by atoms with Crippen molar-refractivity contribution in [2.75, 3.05) is 0 Å². The second kappa shape index (κ2) is 5.38. The van der Waals surface area contributed by atoms with Crippen molar-refractivity contribution in [3.8, 4) is 0 Å². The maximum atomic E-state index is 11.0. The smallest absolute Gasteiger partial charge is 0.249 e. The van der Waals surface area contributed by atoms with Gasteiger partial charge in [-0.25, -0.2) is 0 Å². The van der Waals surface area contributed by atoms with Crippen molar-refractivity contribution in [1.82, 2.24) is 5.32 Å². The highest BCUT2D eigenvalue weighted by Gasteiger charge is 2.25. The number of hydrogen-bond donors (Lipinski definition) is 2. The van der Waals surface area contributed by atoms with E-state index in [4.69, 9.17) is 0 Å².